The van der Waals surface area contributed by atoms with Gasteiger partial charge in [-0.15, -0.1) is 0 Å². The summed E-state index contributed by atoms with van der Waals surface area (Å²) in [6.07, 6.45) is -1.39. The van der Waals surface area contributed by atoms with E-state index in [1.54, 1.807) is 0 Å². The number of hydrogen-bond donors (Lipinski definition) is 1. The van der Waals surface area contributed by atoms with Crippen molar-refractivity contribution in [2.75, 3.05) is 19.8 Å². The van der Waals surface area contributed by atoms with Crippen LogP contribution in [0, 0.1) is 0 Å². The van der Waals surface area contributed by atoms with E-state index < -0.39 is 12.8 Å². The van der Waals surface area contributed by atoms with Gasteiger partial charge < -0.3 is 10.1 Å². The standard InChI is InChI=1S/C10H20F3NO/c1-3-5-9(2)14-6-4-7-15-8-10(11,12)13/h9,14H,3-8H2,1-2H3. The van der Waals surface area contributed by atoms with Crippen LogP contribution >= 0.6 is 0 Å². The first-order valence-electron chi connectivity index (χ1n) is 5.33. The maximum Gasteiger partial charge on any atom is 0.411 e. The van der Waals surface area contributed by atoms with Gasteiger partial charge in [-0.2, -0.15) is 13.2 Å². The molecule has 0 aromatic rings. The van der Waals surface area contributed by atoms with E-state index in [4.69, 9.17) is 0 Å². The van der Waals surface area contributed by atoms with Crippen molar-refractivity contribution in [3.05, 3.63) is 0 Å². The fourth-order valence-corrected chi connectivity index (χ4v) is 1.25. The van der Waals surface area contributed by atoms with Crippen LogP contribution in [-0.4, -0.2) is 32.0 Å². The Hall–Kier alpha value is -0.290. The monoisotopic (exact) mass is 227 g/mol. The highest BCUT2D eigenvalue weighted by Gasteiger charge is 2.27. The van der Waals surface area contributed by atoms with Gasteiger partial charge in [0.25, 0.3) is 0 Å². The molecular formula is C10H20F3NO. The van der Waals surface area contributed by atoms with Crippen molar-refractivity contribution in [2.24, 2.45) is 0 Å². The minimum Gasteiger partial charge on any atom is -0.372 e. The first-order chi connectivity index (χ1) is 6.95. The van der Waals surface area contributed by atoms with E-state index in [1.165, 1.54) is 0 Å². The molecule has 0 aliphatic heterocycles. The van der Waals surface area contributed by atoms with Crippen LogP contribution in [0.15, 0.2) is 0 Å². The summed E-state index contributed by atoms with van der Waals surface area (Å²) in [4.78, 5) is 0. The van der Waals surface area contributed by atoms with E-state index in [1.807, 2.05) is 0 Å². The topological polar surface area (TPSA) is 21.3 Å². The van der Waals surface area contributed by atoms with E-state index in [0.29, 0.717) is 19.0 Å². The average molecular weight is 227 g/mol. The molecule has 0 radical (unpaired) electrons. The van der Waals surface area contributed by atoms with Crippen LogP contribution in [0.3, 0.4) is 0 Å². The Morgan fingerprint density at radius 2 is 2.00 bits per heavy atom. The third kappa shape index (κ3) is 11.6. The Morgan fingerprint density at radius 1 is 1.33 bits per heavy atom. The van der Waals surface area contributed by atoms with E-state index in [2.05, 4.69) is 23.9 Å². The minimum absolute atomic E-state index is 0.158. The van der Waals surface area contributed by atoms with Crippen LogP contribution in [0.2, 0.25) is 0 Å². The number of alkyl halides is 3. The predicted octanol–water partition coefficient (Wildman–Crippen LogP) is 2.73. The van der Waals surface area contributed by atoms with Gasteiger partial charge >= 0.3 is 6.18 Å². The Morgan fingerprint density at radius 3 is 2.53 bits per heavy atom. The zero-order valence-corrected chi connectivity index (χ0v) is 9.36. The lowest BCUT2D eigenvalue weighted by molar-refractivity contribution is -0.173. The Bertz CT molecular complexity index is 150. The lowest BCUT2D eigenvalue weighted by Gasteiger charge is -2.12. The molecule has 0 amide bonds. The molecule has 1 atom stereocenters. The molecule has 15 heavy (non-hydrogen) atoms. The molecule has 0 aliphatic rings. The van der Waals surface area contributed by atoms with Gasteiger partial charge in [0.15, 0.2) is 0 Å². The summed E-state index contributed by atoms with van der Waals surface area (Å²) in [6, 6.07) is 0.428. The largest absolute Gasteiger partial charge is 0.411 e. The number of rotatable bonds is 8. The summed E-state index contributed by atoms with van der Waals surface area (Å²) in [6.45, 7) is 3.90. The molecule has 0 spiro atoms. The van der Waals surface area contributed by atoms with E-state index in [-0.39, 0.29) is 6.61 Å². The van der Waals surface area contributed by atoms with Crippen molar-refractivity contribution in [1.82, 2.24) is 5.32 Å². The maximum absolute atomic E-state index is 11.7. The average Bonchev–Trinajstić information content (AvgIpc) is 2.09. The van der Waals surface area contributed by atoms with Crippen molar-refractivity contribution in [3.8, 4) is 0 Å². The summed E-state index contributed by atoms with van der Waals surface area (Å²) in [5.74, 6) is 0. The second-order valence-electron chi connectivity index (χ2n) is 3.67. The van der Waals surface area contributed by atoms with Gasteiger partial charge in [-0.25, -0.2) is 0 Å². The van der Waals surface area contributed by atoms with Gasteiger partial charge in [0.1, 0.15) is 6.61 Å². The lowest BCUT2D eigenvalue weighted by Crippen LogP contribution is -2.27. The highest BCUT2D eigenvalue weighted by Crippen LogP contribution is 2.14. The lowest BCUT2D eigenvalue weighted by atomic mass is 10.2. The van der Waals surface area contributed by atoms with E-state index in [0.717, 1.165) is 12.8 Å². The summed E-state index contributed by atoms with van der Waals surface area (Å²) in [5, 5.41) is 3.22. The zero-order chi connectivity index (χ0) is 11.7. The van der Waals surface area contributed by atoms with E-state index in [9.17, 15) is 13.2 Å². The van der Waals surface area contributed by atoms with E-state index >= 15 is 0 Å². The molecule has 92 valence electrons. The molecule has 0 heterocycles. The second-order valence-corrected chi connectivity index (χ2v) is 3.67. The molecule has 0 aliphatic carbocycles. The van der Waals surface area contributed by atoms with Gasteiger partial charge in [0.05, 0.1) is 0 Å². The van der Waals surface area contributed by atoms with Gasteiger partial charge in [-0.1, -0.05) is 13.3 Å². The van der Waals surface area contributed by atoms with Crippen LogP contribution in [0.4, 0.5) is 13.2 Å². The molecule has 0 aromatic carbocycles. The molecule has 0 bridgehead atoms. The molecule has 0 saturated carbocycles. The summed E-state index contributed by atoms with van der Waals surface area (Å²) < 4.78 is 39.4. The molecule has 5 heteroatoms. The number of ether oxygens (including phenoxy) is 1. The number of nitrogens with one attached hydrogen (secondary N) is 1. The normalized spacial score (nSPS) is 14.2. The van der Waals surface area contributed by atoms with Crippen LogP contribution in [0.25, 0.3) is 0 Å². The predicted molar refractivity (Wildman–Crippen MR) is 53.9 cm³/mol. The first-order valence-corrected chi connectivity index (χ1v) is 5.33. The first kappa shape index (κ1) is 14.7. The van der Waals surface area contributed by atoms with Gasteiger partial charge in [-0.05, 0) is 26.3 Å². The highest BCUT2D eigenvalue weighted by atomic mass is 19.4. The quantitative estimate of drug-likeness (QED) is 0.644. The Kier molecular flexibility index (Phi) is 7.78. The summed E-state index contributed by atoms with van der Waals surface area (Å²) in [5.41, 5.74) is 0. The van der Waals surface area contributed by atoms with Crippen molar-refractivity contribution in [2.45, 2.75) is 45.3 Å². The fourth-order valence-electron chi connectivity index (χ4n) is 1.25. The third-order valence-electron chi connectivity index (χ3n) is 1.95. The summed E-state index contributed by atoms with van der Waals surface area (Å²) in [7, 11) is 0. The summed E-state index contributed by atoms with van der Waals surface area (Å²) >= 11 is 0. The smallest absolute Gasteiger partial charge is 0.372 e. The number of halogens is 3. The third-order valence-corrected chi connectivity index (χ3v) is 1.95. The van der Waals surface area contributed by atoms with Crippen LogP contribution in [0.1, 0.15) is 33.1 Å². The molecule has 0 fully saturated rings. The fraction of sp³-hybridized carbons (Fsp3) is 1.00. The Labute approximate surface area is 89.2 Å². The molecule has 1 unspecified atom stereocenters. The van der Waals surface area contributed by atoms with Crippen molar-refractivity contribution >= 4 is 0 Å². The molecule has 0 aromatic heterocycles. The maximum atomic E-state index is 11.7. The Balaban J connectivity index is 3.18. The molecule has 0 saturated heterocycles. The van der Waals surface area contributed by atoms with Crippen LogP contribution in [-0.2, 0) is 4.74 Å². The molecule has 2 nitrogen and oxygen atoms in total. The van der Waals surface area contributed by atoms with Gasteiger partial charge in [0.2, 0.25) is 0 Å². The van der Waals surface area contributed by atoms with Crippen molar-refractivity contribution < 1.29 is 17.9 Å². The van der Waals surface area contributed by atoms with Gasteiger partial charge in [-0.3, -0.25) is 0 Å². The number of hydrogen-bond acceptors (Lipinski definition) is 2. The molecular weight excluding hydrogens is 207 g/mol. The zero-order valence-electron chi connectivity index (χ0n) is 9.36. The van der Waals surface area contributed by atoms with Crippen molar-refractivity contribution in [1.29, 1.82) is 0 Å². The minimum atomic E-state index is -4.21. The van der Waals surface area contributed by atoms with Crippen molar-refractivity contribution in [3.63, 3.8) is 0 Å². The molecule has 1 N–H and O–H groups in total. The SMILES string of the molecule is CCCC(C)NCCCOCC(F)(F)F. The van der Waals surface area contributed by atoms with Crippen LogP contribution < -0.4 is 5.32 Å². The second kappa shape index (κ2) is 7.93. The molecule has 0 rings (SSSR count). The van der Waals surface area contributed by atoms with Gasteiger partial charge in [0, 0.05) is 12.6 Å². The van der Waals surface area contributed by atoms with Crippen LogP contribution in [0.5, 0.6) is 0 Å². The highest BCUT2D eigenvalue weighted by molar-refractivity contribution is 4.58.